The fourth-order valence-corrected chi connectivity index (χ4v) is 7.05. The Morgan fingerprint density at radius 2 is 1.93 bits per heavy atom. The van der Waals surface area contributed by atoms with Crippen molar-refractivity contribution in [3.8, 4) is 0 Å². The summed E-state index contributed by atoms with van der Waals surface area (Å²) in [6.45, 7) is 4.13. The highest BCUT2D eigenvalue weighted by Gasteiger charge is 2.70. The number of hydrogen-bond donors (Lipinski definition) is 5. The van der Waals surface area contributed by atoms with Crippen molar-refractivity contribution in [2.45, 2.75) is 57.7 Å². The number of aromatic nitrogens is 1. The molecule has 2 saturated carbocycles. The molecular weight excluding hydrogens is 545 g/mol. The van der Waals surface area contributed by atoms with Crippen LogP contribution in [0, 0.1) is 34.9 Å². The van der Waals surface area contributed by atoms with Crippen LogP contribution in [0.5, 0.6) is 0 Å². The largest absolute Gasteiger partial charge is 0.389 e. The van der Waals surface area contributed by atoms with Crippen molar-refractivity contribution < 1.29 is 33.5 Å². The number of aromatic amines is 1. The highest BCUT2D eigenvalue weighted by Crippen LogP contribution is 2.65. The lowest BCUT2D eigenvalue weighted by Gasteiger charge is -2.34. The van der Waals surface area contributed by atoms with Gasteiger partial charge in [0.2, 0.25) is 17.7 Å². The quantitative estimate of drug-likeness (QED) is 0.280. The molecule has 1 aromatic heterocycles. The predicted octanol–water partition coefficient (Wildman–Crippen LogP) is 0.871. The fourth-order valence-electron chi connectivity index (χ4n) is 7.05. The van der Waals surface area contributed by atoms with Crippen LogP contribution in [-0.4, -0.2) is 82.2 Å². The van der Waals surface area contributed by atoms with E-state index in [-0.39, 0.29) is 52.5 Å². The summed E-state index contributed by atoms with van der Waals surface area (Å²) < 4.78 is 14.2. The molecule has 3 heterocycles. The molecule has 2 saturated heterocycles. The number of likely N-dealkylation sites (tertiary alicyclic amines) is 1. The van der Waals surface area contributed by atoms with Crippen molar-refractivity contribution >= 4 is 40.3 Å². The number of aliphatic hydroxyl groups excluding tert-OH is 1. The molecule has 2 aromatic rings. The molecule has 11 nitrogen and oxygen atoms in total. The number of nitrogens with one attached hydrogen (secondary N) is 4. The summed E-state index contributed by atoms with van der Waals surface area (Å²) in [5.74, 6) is -3.24. The van der Waals surface area contributed by atoms with Gasteiger partial charge in [-0.3, -0.25) is 24.0 Å². The van der Waals surface area contributed by atoms with Crippen molar-refractivity contribution in [3.63, 3.8) is 0 Å². The molecule has 0 bridgehead atoms. The van der Waals surface area contributed by atoms with E-state index in [1.54, 1.807) is 12.1 Å². The van der Waals surface area contributed by atoms with Crippen LogP contribution < -0.4 is 16.0 Å². The van der Waals surface area contributed by atoms with Crippen molar-refractivity contribution in [2.75, 3.05) is 19.7 Å². The molecule has 4 amide bonds. The van der Waals surface area contributed by atoms with Gasteiger partial charge >= 0.3 is 0 Å². The summed E-state index contributed by atoms with van der Waals surface area (Å²) in [5.41, 5.74) is 0.414. The molecule has 4 aliphatic rings. The zero-order valence-electron chi connectivity index (χ0n) is 23.6. The SMILES string of the molecule is CC1(C)[C@@H]2[C@@H](C(=O)N[C@@H](C[C@@H]3CCNC3=O)C(=O)CO)N(C(=O)[C@@H](NC(=O)c3cc4c(F)cccc4[nH]3)C3CC3)C[C@@H]21. The lowest BCUT2D eigenvalue weighted by atomic mass is 9.94. The molecule has 2 aliphatic heterocycles. The summed E-state index contributed by atoms with van der Waals surface area (Å²) in [4.78, 5) is 70.2. The Balaban J connectivity index is 1.20. The first-order valence-electron chi connectivity index (χ1n) is 14.6. The zero-order chi connectivity index (χ0) is 29.9. The van der Waals surface area contributed by atoms with Gasteiger partial charge < -0.3 is 30.9 Å². The van der Waals surface area contributed by atoms with Crippen LogP contribution in [0.25, 0.3) is 10.9 Å². The van der Waals surface area contributed by atoms with Crippen LogP contribution in [0.2, 0.25) is 0 Å². The van der Waals surface area contributed by atoms with Gasteiger partial charge in [0, 0.05) is 29.9 Å². The van der Waals surface area contributed by atoms with Crippen molar-refractivity contribution in [3.05, 3.63) is 35.8 Å². The maximum Gasteiger partial charge on any atom is 0.268 e. The number of rotatable bonds is 10. The van der Waals surface area contributed by atoms with Crippen LogP contribution in [0.3, 0.4) is 0 Å². The number of carbonyl (C=O) groups is 5. The summed E-state index contributed by atoms with van der Waals surface area (Å²) >= 11 is 0. The Morgan fingerprint density at radius 3 is 2.57 bits per heavy atom. The maximum absolute atomic E-state index is 14.2. The first-order chi connectivity index (χ1) is 20.0. The first kappa shape index (κ1) is 28.3. The van der Waals surface area contributed by atoms with Gasteiger partial charge in [-0.15, -0.1) is 0 Å². The van der Waals surface area contributed by atoms with Crippen molar-refractivity contribution in [2.24, 2.45) is 29.1 Å². The van der Waals surface area contributed by atoms with Crippen molar-refractivity contribution in [1.29, 1.82) is 0 Å². The Kier molecular flexibility index (Phi) is 7.07. The number of Topliss-reactive ketones (excluding diaryl/α,β-unsaturated/α-hetero) is 1. The van der Waals surface area contributed by atoms with Gasteiger partial charge in [0.15, 0.2) is 5.78 Å². The number of benzene rings is 1. The summed E-state index contributed by atoms with van der Waals surface area (Å²) in [6, 6.07) is 3.15. The monoisotopic (exact) mass is 581 g/mol. The van der Waals surface area contributed by atoms with Gasteiger partial charge in [-0.1, -0.05) is 19.9 Å². The Hall–Kier alpha value is -3.80. The average Bonchev–Trinajstić information content (AvgIpc) is 3.62. The standard InChI is InChI=1S/C30H36FN5O6/c1-30(2)17-12-36(25(23(17)30)28(41)34-20(22(38)13-37)10-15-8-9-32-26(15)39)29(42)24(14-6-7-14)35-27(40)21-11-16-18(31)4-3-5-19(16)33-21/h3-5,11,14-15,17,20,23-25,33,37H,6-10,12-13H2,1-2H3,(H,32,39)(H,34,41)(H,35,40)/t15-,17-,20-,23-,24-,25-/m0/s1. The minimum atomic E-state index is -1.06. The second kappa shape index (κ2) is 10.5. The van der Waals surface area contributed by atoms with E-state index in [0.29, 0.717) is 25.0 Å². The summed E-state index contributed by atoms with van der Waals surface area (Å²) in [6.07, 6.45) is 2.09. The van der Waals surface area contributed by atoms with Crippen LogP contribution in [0.4, 0.5) is 4.39 Å². The van der Waals surface area contributed by atoms with Gasteiger partial charge in [-0.2, -0.15) is 0 Å². The van der Waals surface area contributed by atoms with Crippen LogP contribution in [-0.2, 0) is 19.2 Å². The van der Waals surface area contributed by atoms with E-state index in [1.807, 2.05) is 13.8 Å². The number of hydrogen-bond acceptors (Lipinski definition) is 6. The highest BCUT2D eigenvalue weighted by molar-refractivity contribution is 6.01. The van der Waals surface area contributed by atoms with E-state index in [0.717, 1.165) is 12.8 Å². The number of carbonyl (C=O) groups excluding carboxylic acids is 5. The average molecular weight is 582 g/mol. The van der Waals surface area contributed by atoms with E-state index < -0.39 is 54.1 Å². The van der Waals surface area contributed by atoms with E-state index in [9.17, 15) is 33.5 Å². The normalized spacial score (nSPS) is 27.2. The smallest absolute Gasteiger partial charge is 0.268 e. The molecule has 2 aliphatic carbocycles. The summed E-state index contributed by atoms with van der Waals surface area (Å²) in [5, 5.41) is 18.1. The van der Waals surface area contributed by atoms with Gasteiger partial charge in [0.05, 0.1) is 6.04 Å². The highest BCUT2D eigenvalue weighted by atomic mass is 19.1. The fraction of sp³-hybridized carbons (Fsp3) is 0.567. The number of nitrogens with zero attached hydrogens (tertiary/aromatic N) is 1. The summed E-state index contributed by atoms with van der Waals surface area (Å²) in [7, 11) is 0. The van der Waals surface area contributed by atoms with Gasteiger partial charge in [0.1, 0.15) is 30.2 Å². The molecule has 224 valence electrons. The predicted molar refractivity (Wildman–Crippen MR) is 148 cm³/mol. The second-order valence-corrected chi connectivity index (χ2v) is 12.8. The lowest BCUT2D eigenvalue weighted by Crippen LogP contribution is -2.58. The maximum atomic E-state index is 14.2. The molecule has 6 atom stereocenters. The molecule has 42 heavy (non-hydrogen) atoms. The van der Waals surface area contributed by atoms with Crippen LogP contribution >= 0.6 is 0 Å². The lowest BCUT2D eigenvalue weighted by molar-refractivity contribution is -0.143. The van der Waals surface area contributed by atoms with Crippen LogP contribution in [0.1, 0.15) is 50.0 Å². The molecule has 0 spiro atoms. The molecule has 0 radical (unpaired) electrons. The number of halogens is 1. The minimum Gasteiger partial charge on any atom is -0.389 e. The first-order valence-corrected chi connectivity index (χ1v) is 14.6. The molecule has 0 unspecified atom stereocenters. The third-order valence-corrected chi connectivity index (χ3v) is 9.81. The molecule has 6 rings (SSSR count). The third-order valence-electron chi connectivity index (χ3n) is 9.81. The molecule has 4 fully saturated rings. The Labute approximate surface area is 242 Å². The minimum absolute atomic E-state index is 0.0704. The second-order valence-electron chi connectivity index (χ2n) is 12.8. The number of amides is 4. The molecular formula is C30H36FN5O6. The number of fused-ring (bicyclic) bond motifs is 2. The number of H-pyrrole nitrogens is 1. The number of ketones is 1. The molecule has 1 aromatic carbocycles. The van der Waals surface area contributed by atoms with E-state index in [4.69, 9.17) is 0 Å². The van der Waals surface area contributed by atoms with Gasteiger partial charge in [0.25, 0.3) is 5.91 Å². The van der Waals surface area contributed by atoms with E-state index in [2.05, 4.69) is 20.9 Å². The van der Waals surface area contributed by atoms with E-state index >= 15 is 0 Å². The van der Waals surface area contributed by atoms with Gasteiger partial charge in [-0.05, 0) is 67.1 Å². The van der Waals surface area contributed by atoms with Crippen LogP contribution in [0.15, 0.2) is 24.3 Å². The van der Waals surface area contributed by atoms with Gasteiger partial charge in [-0.25, -0.2) is 4.39 Å². The zero-order valence-corrected chi connectivity index (χ0v) is 23.6. The Bertz CT molecular complexity index is 1470. The molecule has 12 heteroatoms. The third kappa shape index (κ3) is 4.95. The topological polar surface area (TPSA) is 161 Å². The number of aliphatic hydroxyl groups is 1. The van der Waals surface area contributed by atoms with E-state index in [1.165, 1.54) is 17.0 Å². The number of piperidine rings is 1. The Morgan fingerprint density at radius 1 is 1.17 bits per heavy atom. The van der Waals surface area contributed by atoms with Crippen molar-refractivity contribution in [1.82, 2.24) is 25.8 Å². The molecule has 5 N–H and O–H groups in total.